The van der Waals surface area contributed by atoms with Crippen LogP contribution in [0.1, 0.15) is 16.8 Å². The van der Waals surface area contributed by atoms with Gasteiger partial charge in [-0.05, 0) is 23.9 Å². The summed E-state index contributed by atoms with van der Waals surface area (Å²) in [5.74, 6) is 0.0285. The van der Waals surface area contributed by atoms with Crippen molar-refractivity contribution in [3.63, 3.8) is 0 Å². The maximum absolute atomic E-state index is 12.8. The Kier molecular flexibility index (Phi) is 3.86. The van der Waals surface area contributed by atoms with E-state index in [4.69, 9.17) is 10.5 Å². The van der Waals surface area contributed by atoms with Gasteiger partial charge in [0.15, 0.2) is 0 Å². The van der Waals surface area contributed by atoms with Crippen LogP contribution in [0.5, 0.6) is 0 Å². The van der Waals surface area contributed by atoms with Gasteiger partial charge in [-0.25, -0.2) is 0 Å². The fraction of sp³-hybridized carbons (Fsp3) is 0.375. The van der Waals surface area contributed by atoms with Crippen molar-refractivity contribution in [1.82, 2.24) is 9.88 Å². The van der Waals surface area contributed by atoms with Crippen LogP contribution in [0.4, 0.5) is 0 Å². The molecule has 1 fully saturated rings. The SMILES string of the molecule is CO[C@@H]1CN(C(=O)c2cccc3cnccc23)CC[C@@H]1N. The Hall–Kier alpha value is -1.98. The summed E-state index contributed by atoms with van der Waals surface area (Å²) in [6.07, 6.45) is 4.15. The third-order valence-electron chi connectivity index (χ3n) is 4.11. The number of hydrogen-bond donors (Lipinski definition) is 1. The Morgan fingerprint density at radius 1 is 1.43 bits per heavy atom. The minimum Gasteiger partial charge on any atom is -0.378 e. The van der Waals surface area contributed by atoms with Gasteiger partial charge in [0.25, 0.3) is 5.91 Å². The van der Waals surface area contributed by atoms with Gasteiger partial charge in [-0.2, -0.15) is 0 Å². The molecule has 2 heterocycles. The van der Waals surface area contributed by atoms with Crippen molar-refractivity contribution in [3.8, 4) is 0 Å². The fourth-order valence-electron chi connectivity index (χ4n) is 2.85. The molecule has 3 rings (SSSR count). The Morgan fingerprint density at radius 3 is 3.10 bits per heavy atom. The maximum Gasteiger partial charge on any atom is 0.254 e. The smallest absolute Gasteiger partial charge is 0.254 e. The van der Waals surface area contributed by atoms with Crippen LogP contribution in [0.25, 0.3) is 10.8 Å². The standard InChI is InChI=1S/C16H19N3O2/c1-21-15-10-19(8-6-14(15)17)16(20)13-4-2-3-11-9-18-7-5-12(11)13/h2-5,7,9,14-15H,6,8,10,17H2,1H3/t14-,15+/m0/s1. The number of nitrogens with zero attached hydrogens (tertiary/aromatic N) is 2. The van der Waals surface area contributed by atoms with E-state index in [1.165, 1.54) is 0 Å². The van der Waals surface area contributed by atoms with Crippen molar-refractivity contribution in [1.29, 1.82) is 0 Å². The van der Waals surface area contributed by atoms with Gasteiger partial charge in [0.1, 0.15) is 0 Å². The van der Waals surface area contributed by atoms with E-state index in [1.54, 1.807) is 19.5 Å². The summed E-state index contributed by atoms with van der Waals surface area (Å²) in [5, 5.41) is 1.90. The second kappa shape index (κ2) is 5.79. The fourth-order valence-corrected chi connectivity index (χ4v) is 2.85. The Bertz CT molecular complexity index is 654. The van der Waals surface area contributed by atoms with E-state index in [9.17, 15) is 4.79 Å². The van der Waals surface area contributed by atoms with Gasteiger partial charge in [-0.3, -0.25) is 9.78 Å². The largest absolute Gasteiger partial charge is 0.378 e. The minimum absolute atomic E-state index is 0.00392. The second-order valence-corrected chi connectivity index (χ2v) is 5.38. The lowest BCUT2D eigenvalue weighted by atomic mass is 10.00. The summed E-state index contributed by atoms with van der Waals surface area (Å²) in [7, 11) is 1.64. The van der Waals surface area contributed by atoms with Crippen LogP contribution in [0.15, 0.2) is 36.7 Å². The number of likely N-dealkylation sites (tertiary alicyclic amines) is 1. The zero-order chi connectivity index (χ0) is 14.8. The molecule has 0 spiro atoms. The first-order chi connectivity index (χ1) is 10.2. The zero-order valence-electron chi connectivity index (χ0n) is 12.0. The summed E-state index contributed by atoms with van der Waals surface area (Å²) < 4.78 is 5.38. The van der Waals surface area contributed by atoms with Gasteiger partial charge in [-0.15, -0.1) is 0 Å². The highest BCUT2D eigenvalue weighted by molar-refractivity contribution is 6.06. The van der Waals surface area contributed by atoms with Crippen molar-refractivity contribution >= 4 is 16.7 Å². The van der Waals surface area contributed by atoms with Crippen LogP contribution < -0.4 is 5.73 Å². The monoisotopic (exact) mass is 285 g/mol. The van der Waals surface area contributed by atoms with Gasteiger partial charge in [-0.1, -0.05) is 12.1 Å². The third-order valence-corrected chi connectivity index (χ3v) is 4.11. The van der Waals surface area contributed by atoms with Gasteiger partial charge in [0, 0.05) is 49.6 Å². The molecule has 0 radical (unpaired) electrons. The first-order valence-corrected chi connectivity index (χ1v) is 7.11. The van der Waals surface area contributed by atoms with Gasteiger partial charge < -0.3 is 15.4 Å². The summed E-state index contributed by atoms with van der Waals surface area (Å²) >= 11 is 0. The highest BCUT2D eigenvalue weighted by atomic mass is 16.5. The molecule has 0 unspecified atom stereocenters. The van der Waals surface area contributed by atoms with Crippen molar-refractivity contribution in [2.75, 3.05) is 20.2 Å². The number of piperidine rings is 1. The second-order valence-electron chi connectivity index (χ2n) is 5.38. The van der Waals surface area contributed by atoms with Crippen LogP contribution in [0, 0.1) is 0 Å². The zero-order valence-corrected chi connectivity index (χ0v) is 12.0. The highest BCUT2D eigenvalue weighted by Crippen LogP contribution is 2.21. The lowest BCUT2D eigenvalue weighted by Gasteiger charge is -2.36. The minimum atomic E-state index is -0.0978. The first kappa shape index (κ1) is 14.0. The van der Waals surface area contributed by atoms with Gasteiger partial charge in [0.2, 0.25) is 0 Å². The van der Waals surface area contributed by atoms with E-state index in [2.05, 4.69) is 4.98 Å². The molecule has 1 aliphatic heterocycles. The number of fused-ring (bicyclic) bond motifs is 1. The molecular weight excluding hydrogens is 266 g/mol. The predicted molar refractivity (Wildman–Crippen MR) is 81.0 cm³/mol. The van der Waals surface area contributed by atoms with E-state index in [0.29, 0.717) is 18.7 Å². The number of amides is 1. The van der Waals surface area contributed by atoms with Crippen LogP contribution in [-0.2, 0) is 4.74 Å². The topological polar surface area (TPSA) is 68.5 Å². The number of methoxy groups -OCH3 is 1. The number of hydrogen-bond acceptors (Lipinski definition) is 4. The predicted octanol–water partition coefficient (Wildman–Crippen LogP) is 1.42. The number of ether oxygens (including phenoxy) is 1. The average molecular weight is 285 g/mol. The summed E-state index contributed by atoms with van der Waals surface area (Å²) in [6.45, 7) is 1.21. The third kappa shape index (κ3) is 2.62. The Labute approximate surface area is 123 Å². The van der Waals surface area contributed by atoms with E-state index >= 15 is 0 Å². The summed E-state index contributed by atoms with van der Waals surface area (Å²) in [6, 6.07) is 7.59. The van der Waals surface area contributed by atoms with Crippen molar-refractivity contribution in [2.24, 2.45) is 5.73 Å². The normalized spacial score (nSPS) is 22.5. The van der Waals surface area contributed by atoms with Crippen molar-refractivity contribution in [3.05, 3.63) is 42.2 Å². The van der Waals surface area contributed by atoms with Crippen molar-refractivity contribution in [2.45, 2.75) is 18.6 Å². The van der Waals surface area contributed by atoms with Crippen molar-refractivity contribution < 1.29 is 9.53 Å². The summed E-state index contributed by atoms with van der Waals surface area (Å²) in [5.41, 5.74) is 6.72. The number of carbonyl (C=O) groups excluding carboxylic acids is 1. The molecule has 2 N–H and O–H groups in total. The first-order valence-electron chi connectivity index (χ1n) is 7.11. The highest BCUT2D eigenvalue weighted by Gasteiger charge is 2.30. The number of pyridine rings is 1. The molecule has 110 valence electrons. The van der Waals surface area contributed by atoms with Crippen LogP contribution >= 0.6 is 0 Å². The Morgan fingerprint density at radius 2 is 2.29 bits per heavy atom. The van der Waals surface area contributed by atoms with E-state index in [0.717, 1.165) is 17.2 Å². The molecule has 5 heteroatoms. The molecule has 21 heavy (non-hydrogen) atoms. The maximum atomic E-state index is 12.8. The molecule has 0 bridgehead atoms. The Balaban J connectivity index is 1.90. The van der Waals surface area contributed by atoms with Crippen LogP contribution in [0.3, 0.4) is 0 Å². The molecule has 1 amide bonds. The molecule has 2 atom stereocenters. The van der Waals surface area contributed by atoms with Gasteiger partial charge >= 0.3 is 0 Å². The number of nitrogens with two attached hydrogens (primary N) is 1. The van der Waals surface area contributed by atoms with E-state index in [1.807, 2.05) is 29.2 Å². The lowest BCUT2D eigenvalue weighted by Crippen LogP contribution is -2.53. The van der Waals surface area contributed by atoms with E-state index < -0.39 is 0 Å². The average Bonchev–Trinajstić information content (AvgIpc) is 2.54. The molecule has 1 saturated heterocycles. The number of aromatic nitrogens is 1. The molecule has 1 aromatic carbocycles. The molecular formula is C16H19N3O2. The van der Waals surface area contributed by atoms with Crippen LogP contribution in [0.2, 0.25) is 0 Å². The quantitative estimate of drug-likeness (QED) is 0.906. The molecule has 2 aromatic rings. The number of benzene rings is 1. The lowest BCUT2D eigenvalue weighted by molar-refractivity contribution is 0.0163. The summed E-state index contributed by atoms with van der Waals surface area (Å²) in [4.78, 5) is 18.7. The molecule has 1 aromatic heterocycles. The number of carbonyl (C=O) groups is 1. The molecule has 0 aliphatic carbocycles. The molecule has 1 aliphatic rings. The van der Waals surface area contributed by atoms with E-state index in [-0.39, 0.29) is 18.1 Å². The number of rotatable bonds is 2. The molecule has 5 nitrogen and oxygen atoms in total. The van der Waals surface area contributed by atoms with Crippen LogP contribution in [-0.4, -0.2) is 48.1 Å². The molecule has 0 saturated carbocycles. The van der Waals surface area contributed by atoms with Gasteiger partial charge in [0.05, 0.1) is 6.10 Å².